The fourth-order valence-electron chi connectivity index (χ4n) is 2.90. The molecular formula is C18H28N2O4Pt. The van der Waals surface area contributed by atoms with E-state index >= 15 is 0 Å². The van der Waals surface area contributed by atoms with E-state index in [1.54, 1.807) is 12.2 Å². The van der Waals surface area contributed by atoms with Crippen molar-refractivity contribution in [1.29, 1.82) is 0 Å². The van der Waals surface area contributed by atoms with Crippen molar-refractivity contribution in [3.8, 4) is 0 Å². The van der Waals surface area contributed by atoms with Crippen molar-refractivity contribution in [1.82, 2.24) is 0 Å². The van der Waals surface area contributed by atoms with Gasteiger partial charge in [0.15, 0.2) is 0 Å². The average Bonchev–Trinajstić information content (AvgIpc) is 3.25. The number of hydrogen-bond acceptors (Lipinski definition) is 6. The van der Waals surface area contributed by atoms with E-state index in [0.29, 0.717) is 24.0 Å². The van der Waals surface area contributed by atoms with Crippen molar-refractivity contribution >= 4 is 11.9 Å². The average molecular weight is 532 g/mol. The van der Waals surface area contributed by atoms with Gasteiger partial charge in [0.2, 0.25) is 0 Å². The molecule has 0 bridgehead atoms. The second-order valence-electron chi connectivity index (χ2n) is 6.43. The molecule has 0 aromatic rings. The van der Waals surface area contributed by atoms with E-state index in [1.807, 2.05) is 0 Å². The third kappa shape index (κ3) is 9.93. The van der Waals surface area contributed by atoms with Gasteiger partial charge in [-0.05, 0) is 62.5 Å². The molecule has 2 atom stereocenters. The van der Waals surface area contributed by atoms with Crippen LogP contribution in [0.2, 0.25) is 0 Å². The molecule has 0 aliphatic heterocycles. The number of carbonyl (C=O) groups excluding carboxylic acids is 2. The molecule has 1 saturated carbocycles. The van der Waals surface area contributed by atoms with Gasteiger partial charge in [-0.15, -0.1) is 0 Å². The first kappa shape index (κ1) is 24.0. The summed E-state index contributed by atoms with van der Waals surface area (Å²) in [6.45, 7) is 0. The second-order valence-corrected chi connectivity index (χ2v) is 6.43. The molecule has 0 aromatic carbocycles. The minimum Gasteiger partial charge on any atom is -0.545 e. The zero-order valence-electron chi connectivity index (χ0n) is 14.5. The summed E-state index contributed by atoms with van der Waals surface area (Å²) in [6.07, 6.45) is 13.4. The molecule has 6 nitrogen and oxygen atoms in total. The predicted octanol–water partition coefficient (Wildman–Crippen LogP) is -0.0943. The molecule has 3 aliphatic carbocycles. The van der Waals surface area contributed by atoms with Gasteiger partial charge in [0, 0.05) is 12.1 Å². The van der Waals surface area contributed by atoms with E-state index in [1.165, 1.54) is 12.8 Å². The Morgan fingerprint density at radius 3 is 1.32 bits per heavy atom. The van der Waals surface area contributed by atoms with E-state index in [4.69, 9.17) is 11.5 Å². The van der Waals surface area contributed by atoms with Crippen molar-refractivity contribution in [2.24, 2.45) is 11.5 Å². The second kappa shape index (κ2) is 13.3. The van der Waals surface area contributed by atoms with Gasteiger partial charge in [0.05, 0.1) is 11.9 Å². The number of allylic oxidation sites excluding steroid dienone is 2. The van der Waals surface area contributed by atoms with Crippen LogP contribution in [0.4, 0.5) is 0 Å². The van der Waals surface area contributed by atoms with Crippen molar-refractivity contribution in [3.63, 3.8) is 0 Å². The van der Waals surface area contributed by atoms with Gasteiger partial charge in [0.1, 0.15) is 0 Å². The Morgan fingerprint density at radius 2 is 1.16 bits per heavy atom. The number of carbonyl (C=O) groups is 2. The molecule has 0 spiro atoms. The van der Waals surface area contributed by atoms with Crippen LogP contribution >= 0.6 is 0 Å². The van der Waals surface area contributed by atoms with E-state index < -0.39 is 11.9 Å². The van der Waals surface area contributed by atoms with Crippen LogP contribution in [0, 0.1) is 0 Å². The van der Waals surface area contributed by atoms with Gasteiger partial charge in [-0.3, -0.25) is 0 Å². The van der Waals surface area contributed by atoms with Crippen molar-refractivity contribution in [2.45, 2.75) is 76.3 Å². The number of carboxylic acids is 2. The van der Waals surface area contributed by atoms with Gasteiger partial charge < -0.3 is 31.3 Å². The molecule has 4 N–H and O–H groups in total. The molecule has 144 valence electrons. The number of rotatable bonds is 2. The number of carboxylic acid groups (broad SMARTS) is 2. The summed E-state index contributed by atoms with van der Waals surface area (Å²) in [4.78, 5) is 20.0. The van der Waals surface area contributed by atoms with Crippen LogP contribution in [0.1, 0.15) is 64.2 Å². The van der Waals surface area contributed by atoms with Crippen LogP contribution in [-0.4, -0.2) is 24.0 Å². The molecule has 0 aromatic heterocycles. The fourth-order valence-corrected chi connectivity index (χ4v) is 2.90. The van der Waals surface area contributed by atoms with Crippen LogP contribution in [0.3, 0.4) is 0 Å². The predicted molar refractivity (Wildman–Crippen MR) is 88.3 cm³/mol. The zero-order valence-corrected chi connectivity index (χ0v) is 16.8. The first-order valence-corrected chi connectivity index (χ1v) is 8.73. The maximum atomic E-state index is 10.0. The van der Waals surface area contributed by atoms with Gasteiger partial charge in [-0.25, -0.2) is 0 Å². The monoisotopic (exact) mass is 531 g/mol. The first-order chi connectivity index (χ1) is 11.4. The molecule has 0 radical (unpaired) electrons. The van der Waals surface area contributed by atoms with E-state index in [0.717, 1.165) is 38.5 Å². The Labute approximate surface area is 164 Å². The van der Waals surface area contributed by atoms with Crippen LogP contribution in [0.5, 0.6) is 0 Å². The number of aliphatic carboxylic acids is 2. The molecule has 25 heavy (non-hydrogen) atoms. The largest absolute Gasteiger partial charge is 2.00 e. The Kier molecular flexibility index (Phi) is 12.7. The van der Waals surface area contributed by atoms with Gasteiger partial charge in [-0.2, -0.15) is 0 Å². The summed E-state index contributed by atoms with van der Waals surface area (Å²) in [6, 6.07) is 0.562. The van der Waals surface area contributed by atoms with Crippen LogP contribution in [0.25, 0.3) is 0 Å². The van der Waals surface area contributed by atoms with Gasteiger partial charge in [0.25, 0.3) is 0 Å². The SMILES string of the molecule is NC1CCCCC1N.O=C([O-])C1=CCCC1.O=C([O-])C1=CCCC1.[Pt+2]. The van der Waals surface area contributed by atoms with Crippen LogP contribution < -0.4 is 21.7 Å². The molecule has 7 heteroatoms. The summed E-state index contributed by atoms with van der Waals surface area (Å²) >= 11 is 0. The molecule has 0 saturated heterocycles. The summed E-state index contributed by atoms with van der Waals surface area (Å²) in [7, 11) is 0. The quantitative estimate of drug-likeness (QED) is 0.512. The van der Waals surface area contributed by atoms with E-state index in [2.05, 4.69) is 0 Å². The van der Waals surface area contributed by atoms with E-state index in [9.17, 15) is 19.8 Å². The van der Waals surface area contributed by atoms with Crippen LogP contribution in [-0.2, 0) is 30.7 Å². The first-order valence-electron chi connectivity index (χ1n) is 8.73. The zero-order chi connectivity index (χ0) is 17.9. The summed E-state index contributed by atoms with van der Waals surface area (Å²) < 4.78 is 0. The standard InChI is InChI=1S/C6H14N2.2C6H8O2.Pt/c7-5-3-1-2-4-6(5)8;2*7-6(8)5-3-1-2-4-5;/h5-6H,1-4,7-8H2;2*3H,1-2,4H2,(H,7,8);/q;;;+2/p-2. The Morgan fingerprint density at radius 1 is 0.800 bits per heavy atom. The number of nitrogens with two attached hydrogens (primary N) is 2. The molecule has 0 heterocycles. The molecule has 2 unspecified atom stereocenters. The van der Waals surface area contributed by atoms with Crippen molar-refractivity contribution in [3.05, 3.63) is 23.3 Å². The molecule has 3 rings (SSSR count). The van der Waals surface area contributed by atoms with Crippen LogP contribution in [0.15, 0.2) is 23.3 Å². The van der Waals surface area contributed by atoms with Crippen molar-refractivity contribution < 1.29 is 40.9 Å². The molecule has 3 aliphatic rings. The summed E-state index contributed by atoms with van der Waals surface area (Å²) in [5.74, 6) is -2.00. The minimum atomic E-state index is -0.998. The molecular weight excluding hydrogens is 503 g/mol. The smallest absolute Gasteiger partial charge is 0.545 e. The Hall–Kier alpha value is -0.972. The van der Waals surface area contributed by atoms with E-state index in [-0.39, 0.29) is 33.1 Å². The third-order valence-corrected chi connectivity index (χ3v) is 4.48. The maximum absolute atomic E-state index is 10.0. The molecule has 0 amide bonds. The Balaban J connectivity index is 0.000000339. The topological polar surface area (TPSA) is 132 Å². The Bertz CT molecular complexity index is 447. The van der Waals surface area contributed by atoms with Gasteiger partial charge in [-0.1, -0.05) is 25.0 Å². The third-order valence-electron chi connectivity index (χ3n) is 4.48. The van der Waals surface area contributed by atoms with Crippen molar-refractivity contribution in [2.75, 3.05) is 0 Å². The summed E-state index contributed by atoms with van der Waals surface area (Å²) in [5, 5.41) is 20.0. The fraction of sp³-hybridized carbons (Fsp3) is 0.667. The maximum Gasteiger partial charge on any atom is 2.00 e. The minimum absolute atomic E-state index is 0. The molecule has 1 fully saturated rings. The van der Waals surface area contributed by atoms with Gasteiger partial charge >= 0.3 is 21.1 Å². The summed E-state index contributed by atoms with van der Waals surface area (Å²) in [5.41, 5.74) is 12.3. The normalized spacial score (nSPS) is 24.4. The number of hydrogen-bond donors (Lipinski definition) is 2.